The Morgan fingerprint density at radius 3 is 2.67 bits per heavy atom. The molecule has 3 atom stereocenters. The minimum Gasteiger partial charge on any atom is -0.493 e. The lowest BCUT2D eigenvalue weighted by Crippen LogP contribution is -2.50. The number of aromatic nitrogens is 3. The van der Waals surface area contributed by atoms with Gasteiger partial charge in [-0.3, -0.25) is 4.98 Å². The van der Waals surface area contributed by atoms with E-state index in [0.717, 1.165) is 55.9 Å². The summed E-state index contributed by atoms with van der Waals surface area (Å²) in [5.41, 5.74) is 1.70. The van der Waals surface area contributed by atoms with Crippen molar-refractivity contribution in [2.24, 2.45) is 11.3 Å². The average molecular weight is 673 g/mol. The summed E-state index contributed by atoms with van der Waals surface area (Å²) in [6.45, 7) is -2.19. The van der Waals surface area contributed by atoms with Gasteiger partial charge >= 0.3 is 12.6 Å². The second kappa shape index (κ2) is 12.4. The lowest BCUT2D eigenvalue weighted by atomic mass is 9.66. The summed E-state index contributed by atoms with van der Waals surface area (Å²) in [6.07, 6.45) is 13.0. The van der Waals surface area contributed by atoms with E-state index in [1.54, 1.807) is 24.5 Å². The first-order valence-corrected chi connectivity index (χ1v) is 15.8. The molecule has 2 bridgehead atoms. The molecule has 1 N–H and O–H groups in total. The zero-order chi connectivity index (χ0) is 32.0. The maximum Gasteiger partial charge on any atom is 0.387 e. The standard InChI is InChI=1S/C33H29Cl2F2N3O6/c34-22-13-38-14-23(35)28(22)29-20(30(46-40-29)17-4-5-17)3-1-2-18-12-33(9-8-26(18)44-16-33)15-43-19-6-7-24-21(10-19)27(45-32(36)37)11-25(39-24)31(41)42/h1,3,6-7,10-11,13-14,17-18,26,32H,2,4-5,8-9,12,15-16H2,(H,41,42)/b3-1+. The second-order valence-corrected chi connectivity index (χ2v) is 13.0. The fourth-order valence-corrected chi connectivity index (χ4v) is 7.15. The van der Waals surface area contributed by atoms with Gasteiger partial charge in [-0.1, -0.05) is 40.5 Å². The van der Waals surface area contributed by atoms with Crippen LogP contribution in [0, 0.1) is 11.3 Å². The number of ether oxygens (including phenoxy) is 3. The van der Waals surface area contributed by atoms with Gasteiger partial charge in [0, 0.05) is 46.3 Å². The van der Waals surface area contributed by atoms with E-state index in [0.29, 0.717) is 46.2 Å². The van der Waals surface area contributed by atoms with Crippen molar-refractivity contribution in [3.05, 3.63) is 69.8 Å². The van der Waals surface area contributed by atoms with Crippen LogP contribution in [0.3, 0.4) is 0 Å². The molecule has 0 spiro atoms. The van der Waals surface area contributed by atoms with Crippen molar-refractivity contribution in [2.75, 3.05) is 13.2 Å². The van der Waals surface area contributed by atoms with Crippen molar-refractivity contribution >= 4 is 46.2 Å². The Morgan fingerprint density at radius 1 is 1.17 bits per heavy atom. The van der Waals surface area contributed by atoms with E-state index >= 15 is 0 Å². The molecule has 2 saturated carbocycles. The number of pyridine rings is 2. The van der Waals surface area contributed by atoms with Gasteiger partial charge in [-0.15, -0.1) is 0 Å². The van der Waals surface area contributed by atoms with Crippen molar-refractivity contribution in [3.8, 4) is 22.8 Å². The average Bonchev–Trinajstić information content (AvgIpc) is 3.80. The zero-order valence-corrected chi connectivity index (χ0v) is 25.9. The summed E-state index contributed by atoms with van der Waals surface area (Å²) in [4.78, 5) is 19.5. The number of carboxylic acids is 1. The first-order chi connectivity index (χ1) is 22.2. The summed E-state index contributed by atoms with van der Waals surface area (Å²) in [7, 11) is 0. The number of carbonyl (C=O) groups is 1. The molecular weight excluding hydrogens is 643 g/mol. The van der Waals surface area contributed by atoms with Gasteiger partial charge in [0.15, 0.2) is 5.69 Å². The third kappa shape index (κ3) is 6.15. The molecule has 5 heterocycles. The second-order valence-electron chi connectivity index (χ2n) is 12.2. The highest BCUT2D eigenvalue weighted by Gasteiger charge is 2.47. The van der Waals surface area contributed by atoms with Crippen LogP contribution in [-0.2, 0) is 4.74 Å². The number of hydrogen-bond donors (Lipinski definition) is 1. The molecule has 2 saturated heterocycles. The van der Waals surface area contributed by atoms with Gasteiger partial charge in [-0.2, -0.15) is 8.78 Å². The quantitative estimate of drug-likeness (QED) is 0.168. The van der Waals surface area contributed by atoms with Crippen LogP contribution in [-0.4, -0.2) is 52.1 Å². The van der Waals surface area contributed by atoms with Crippen LogP contribution in [0.2, 0.25) is 10.0 Å². The Morgan fingerprint density at radius 2 is 1.98 bits per heavy atom. The van der Waals surface area contributed by atoms with Crippen LogP contribution >= 0.6 is 23.2 Å². The summed E-state index contributed by atoms with van der Waals surface area (Å²) in [5, 5.41) is 14.7. The Balaban J connectivity index is 1.07. The molecule has 8 rings (SSSR count). The molecule has 2 aliphatic heterocycles. The molecule has 1 aromatic carbocycles. The molecule has 13 heteroatoms. The topological polar surface area (TPSA) is 117 Å². The Kier molecular flexibility index (Phi) is 8.33. The first kappa shape index (κ1) is 30.8. The van der Waals surface area contributed by atoms with Crippen LogP contribution in [0.1, 0.15) is 66.3 Å². The lowest BCUT2D eigenvalue weighted by molar-refractivity contribution is -0.159. The maximum atomic E-state index is 13.1. The fraction of sp³-hybridized carbons (Fsp3) is 0.394. The largest absolute Gasteiger partial charge is 0.493 e. The van der Waals surface area contributed by atoms with Gasteiger partial charge in [0.25, 0.3) is 0 Å². The van der Waals surface area contributed by atoms with Crippen LogP contribution in [0.15, 0.2) is 47.3 Å². The molecule has 4 aromatic rings. The molecule has 46 heavy (non-hydrogen) atoms. The number of benzene rings is 1. The van der Waals surface area contributed by atoms with Crippen LogP contribution in [0.4, 0.5) is 8.78 Å². The number of halogens is 4. The van der Waals surface area contributed by atoms with Gasteiger partial charge in [0.2, 0.25) is 0 Å². The zero-order valence-electron chi connectivity index (χ0n) is 24.4. The third-order valence-electron chi connectivity index (χ3n) is 9.02. The summed E-state index contributed by atoms with van der Waals surface area (Å²) >= 11 is 12.9. The van der Waals surface area contributed by atoms with Crippen molar-refractivity contribution in [2.45, 2.75) is 57.2 Å². The SMILES string of the molecule is O=C(O)c1cc(OC(F)F)c2cc(OCC34CCC(OC3)C(C/C=C/c3c(-c5c(Cl)cncc5Cl)noc3C3CC3)C4)ccc2n1. The molecule has 2 aliphatic carbocycles. The number of nitrogens with zero attached hydrogens (tertiary/aromatic N) is 3. The number of hydrogen-bond acceptors (Lipinski definition) is 8. The van der Waals surface area contributed by atoms with Crippen LogP contribution in [0.5, 0.6) is 11.5 Å². The maximum absolute atomic E-state index is 13.1. The van der Waals surface area contributed by atoms with Gasteiger partial charge in [-0.25, -0.2) is 9.78 Å². The van der Waals surface area contributed by atoms with E-state index in [1.165, 1.54) is 6.07 Å². The van der Waals surface area contributed by atoms with Gasteiger partial charge in [-0.05, 0) is 62.6 Å². The Bertz CT molecular complexity index is 1800. The molecule has 0 amide bonds. The Labute approximate surface area is 272 Å². The van der Waals surface area contributed by atoms with Gasteiger partial charge in [0.1, 0.15) is 23.0 Å². The predicted octanol–water partition coefficient (Wildman–Crippen LogP) is 8.44. The molecule has 0 radical (unpaired) electrons. The van der Waals surface area contributed by atoms with Gasteiger partial charge < -0.3 is 23.8 Å². The van der Waals surface area contributed by atoms with Crippen molar-refractivity contribution < 1.29 is 37.4 Å². The fourth-order valence-electron chi connectivity index (χ4n) is 6.61. The molecule has 3 unspecified atom stereocenters. The van der Waals surface area contributed by atoms with E-state index in [9.17, 15) is 18.7 Å². The van der Waals surface area contributed by atoms with E-state index in [2.05, 4.69) is 32.0 Å². The minimum absolute atomic E-state index is 0.143. The number of allylic oxidation sites excluding steroid dienone is 1. The molecule has 4 aliphatic rings. The Hall–Kier alpha value is -3.80. The highest BCUT2D eigenvalue weighted by Crippen LogP contribution is 2.49. The van der Waals surface area contributed by atoms with Crippen LogP contribution < -0.4 is 9.47 Å². The summed E-state index contributed by atoms with van der Waals surface area (Å²) in [5.74, 6) is 0.265. The number of carboxylic acid groups (broad SMARTS) is 1. The summed E-state index contributed by atoms with van der Waals surface area (Å²) in [6, 6.07) is 5.72. The molecule has 3 aromatic heterocycles. The van der Waals surface area contributed by atoms with E-state index in [-0.39, 0.29) is 39.8 Å². The van der Waals surface area contributed by atoms with Crippen molar-refractivity contribution in [3.63, 3.8) is 0 Å². The molecule has 9 nitrogen and oxygen atoms in total. The monoisotopic (exact) mass is 671 g/mol. The highest BCUT2D eigenvalue weighted by molar-refractivity contribution is 6.39. The third-order valence-corrected chi connectivity index (χ3v) is 9.60. The number of aromatic carboxylic acids is 1. The number of rotatable bonds is 11. The normalized spacial score (nSPS) is 22.6. The smallest absolute Gasteiger partial charge is 0.387 e. The highest BCUT2D eigenvalue weighted by atomic mass is 35.5. The van der Waals surface area contributed by atoms with E-state index < -0.39 is 12.6 Å². The lowest BCUT2D eigenvalue weighted by Gasteiger charge is -2.50. The van der Waals surface area contributed by atoms with Crippen molar-refractivity contribution in [1.29, 1.82) is 0 Å². The molecular formula is C33H29Cl2F2N3O6. The molecule has 4 fully saturated rings. The van der Waals surface area contributed by atoms with E-state index in [1.807, 2.05) is 0 Å². The minimum atomic E-state index is -3.13. The molecule has 240 valence electrons. The van der Waals surface area contributed by atoms with Crippen molar-refractivity contribution in [1.82, 2.24) is 15.1 Å². The van der Waals surface area contributed by atoms with E-state index in [4.69, 9.17) is 37.2 Å². The predicted molar refractivity (Wildman–Crippen MR) is 166 cm³/mol. The van der Waals surface area contributed by atoms with Gasteiger partial charge in [0.05, 0.1) is 34.9 Å². The van der Waals surface area contributed by atoms with Crippen LogP contribution in [0.25, 0.3) is 28.2 Å². The number of alkyl halides is 2. The summed E-state index contributed by atoms with van der Waals surface area (Å²) < 4.78 is 49.1. The first-order valence-electron chi connectivity index (χ1n) is 15.0. The number of fused-ring (bicyclic) bond motifs is 4.